The number of nitrogen functional groups attached to an aromatic ring is 1. The van der Waals surface area contributed by atoms with Gasteiger partial charge in [0.1, 0.15) is 0 Å². The van der Waals surface area contributed by atoms with Crippen LogP contribution in [0.15, 0.2) is 5.38 Å². The lowest BCUT2D eigenvalue weighted by Gasteiger charge is -2.31. The number of likely N-dealkylation sites (tertiary alicyclic amines) is 1. The van der Waals surface area contributed by atoms with Gasteiger partial charge in [-0.05, 0) is 25.3 Å². The van der Waals surface area contributed by atoms with Gasteiger partial charge in [0.2, 0.25) is 0 Å². The van der Waals surface area contributed by atoms with Crippen LogP contribution in [0.1, 0.15) is 18.5 Å². The molecule has 2 rings (SSSR count). The molecule has 4 nitrogen and oxygen atoms in total. The lowest BCUT2D eigenvalue weighted by atomic mass is 9.99. The third-order valence-electron chi connectivity index (χ3n) is 2.96. The number of hydrogen-bond acceptors (Lipinski definition) is 5. The lowest BCUT2D eigenvalue weighted by molar-refractivity contribution is 0.0869. The van der Waals surface area contributed by atoms with Gasteiger partial charge in [0.05, 0.1) is 12.3 Å². The Kier molecular flexibility index (Phi) is 4.15. The highest BCUT2D eigenvalue weighted by Crippen LogP contribution is 2.20. The van der Waals surface area contributed by atoms with Crippen molar-refractivity contribution in [2.24, 2.45) is 5.92 Å². The fraction of sp³-hybridized carbons (Fsp3) is 0.727. The first-order chi connectivity index (χ1) is 7.78. The van der Waals surface area contributed by atoms with E-state index in [9.17, 15) is 0 Å². The molecule has 1 unspecified atom stereocenters. The first-order valence-electron chi connectivity index (χ1n) is 5.69. The van der Waals surface area contributed by atoms with Crippen molar-refractivity contribution in [3.8, 4) is 0 Å². The summed E-state index contributed by atoms with van der Waals surface area (Å²) >= 11 is 1.52. The molecule has 1 atom stereocenters. The molecule has 1 fully saturated rings. The standard InChI is InChI=1S/C11H19N3OS/c1-15-7-9-3-2-4-14(5-9)6-10-8-16-11(12)13-10/h8-9H,2-7H2,1H3,(H2,12,13). The van der Waals surface area contributed by atoms with Gasteiger partial charge >= 0.3 is 0 Å². The number of methoxy groups -OCH3 is 1. The lowest BCUT2D eigenvalue weighted by Crippen LogP contribution is -2.36. The largest absolute Gasteiger partial charge is 0.384 e. The summed E-state index contributed by atoms with van der Waals surface area (Å²) < 4.78 is 5.22. The van der Waals surface area contributed by atoms with Crippen LogP contribution in [-0.4, -0.2) is 36.7 Å². The Bertz CT molecular complexity index is 327. The highest BCUT2D eigenvalue weighted by Gasteiger charge is 2.20. The minimum absolute atomic E-state index is 0.667. The summed E-state index contributed by atoms with van der Waals surface area (Å²) in [4.78, 5) is 6.75. The molecule has 0 radical (unpaired) electrons. The number of rotatable bonds is 4. The van der Waals surface area contributed by atoms with Gasteiger partial charge in [-0.25, -0.2) is 4.98 Å². The second-order valence-electron chi connectivity index (χ2n) is 4.38. The first-order valence-corrected chi connectivity index (χ1v) is 6.57. The van der Waals surface area contributed by atoms with Crippen LogP contribution in [0.25, 0.3) is 0 Å². The van der Waals surface area contributed by atoms with E-state index < -0.39 is 0 Å². The topological polar surface area (TPSA) is 51.4 Å². The summed E-state index contributed by atoms with van der Waals surface area (Å²) in [7, 11) is 1.78. The van der Waals surface area contributed by atoms with Crippen molar-refractivity contribution in [1.29, 1.82) is 0 Å². The molecule has 0 spiro atoms. The van der Waals surface area contributed by atoms with Crippen molar-refractivity contribution in [3.05, 3.63) is 11.1 Å². The molecule has 5 heteroatoms. The van der Waals surface area contributed by atoms with Crippen molar-refractivity contribution >= 4 is 16.5 Å². The number of anilines is 1. The minimum Gasteiger partial charge on any atom is -0.384 e. The quantitative estimate of drug-likeness (QED) is 0.869. The second kappa shape index (κ2) is 5.61. The minimum atomic E-state index is 0.667. The molecule has 1 aliphatic rings. The van der Waals surface area contributed by atoms with Crippen LogP contribution in [0.3, 0.4) is 0 Å². The van der Waals surface area contributed by atoms with Crippen molar-refractivity contribution < 1.29 is 4.74 Å². The number of aromatic nitrogens is 1. The van der Waals surface area contributed by atoms with Gasteiger partial charge in [0.25, 0.3) is 0 Å². The average molecular weight is 241 g/mol. The predicted octanol–water partition coefficient (Wildman–Crippen LogP) is 1.58. The summed E-state index contributed by atoms with van der Waals surface area (Å²) in [5.41, 5.74) is 6.73. The molecule has 0 aliphatic carbocycles. The number of nitrogens with two attached hydrogens (primary N) is 1. The smallest absolute Gasteiger partial charge is 0.180 e. The fourth-order valence-electron chi connectivity index (χ4n) is 2.29. The number of ether oxygens (including phenoxy) is 1. The van der Waals surface area contributed by atoms with Crippen LogP contribution in [0, 0.1) is 5.92 Å². The van der Waals surface area contributed by atoms with E-state index in [1.807, 2.05) is 0 Å². The van der Waals surface area contributed by atoms with Gasteiger partial charge < -0.3 is 10.5 Å². The van der Waals surface area contributed by atoms with Crippen LogP contribution in [0.4, 0.5) is 5.13 Å². The van der Waals surface area contributed by atoms with Crippen molar-refractivity contribution in [2.75, 3.05) is 32.5 Å². The van der Waals surface area contributed by atoms with Crippen molar-refractivity contribution in [3.63, 3.8) is 0 Å². The summed E-state index contributed by atoms with van der Waals surface area (Å²) in [6.07, 6.45) is 2.54. The van der Waals surface area contributed by atoms with Gasteiger partial charge in [-0.1, -0.05) is 0 Å². The molecule has 1 aliphatic heterocycles. The summed E-state index contributed by atoms with van der Waals surface area (Å²) in [6.45, 7) is 4.08. The maximum atomic E-state index is 5.63. The maximum Gasteiger partial charge on any atom is 0.180 e. The molecule has 1 saturated heterocycles. The van der Waals surface area contributed by atoms with E-state index in [4.69, 9.17) is 10.5 Å². The zero-order valence-electron chi connectivity index (χ0n) is 9.69. The average Bonchev–Trinajstić information content (AvgIpc) is 2.65. The second-order valence-corrected chi connectivity index (χ2v) is 5.27. The Balaban J connectivity index is 1.85. The molecule has 16 heavy (non-hydrogen) atoms. The first kappa shape index (κ1) is 11.8. The van der Waals surface area contributed by atoms with E-state index in [1.165, 1.54) is 24.2 Å². The van der Waals surface area contributed by atoms with Gasteiger partial charge in [-0.15, -0.1) is 11.3 Å². The number of piperidine rings is 1. The molecule has 0 bridgehead atoms. The van der Waals surface area contributed by atoms with Crippen LogP contribution in [0.5, 0.6) is 0 Å². The van der Waals surface area contributed by atoms with Crippen LogP contribution >= 0.6 is 11.3 Å². The van der Waals surface area contributed by atoms with Gasteiger partial charge in [-0.2, -0.15) is 0 Å². The Morgan fingerprint density at radius 3 is 3.25 bits per heavy atom. The van der Waals surface area contributed by atoms with Crippen LogP contribution in [0.2, 0.25) is 0 Å². The van der Waals surface area contributed by atoms with Gasteiger partial charge in [0, 0.05) is 25.6 Å². The Labute approximate surface area is 100 Å². The molecular weight excluding hydrogens is 222 g/mol. The predicted molar refractivity (Wildman–Crippen MR) is 66.4 cm³/mol. The summed E-state index contributed by atoms with van der Waals surface area (Å²) in [5.74, 6) is 0.676. The Hall–Kier alpha value is -0.650. The van der Waals surface area contributed by atoms with E-state index in [0.29, 0.717) is 11.0 Å². The van der Waals surface area contributed by atoms with Crippen molar-refractivity contribution in [1.82, 2.24) is 9.88 Å². The molecular formula is C11H19N3OS. The fourth-order valence-corrected chi connectivity index (χ4v) is 2.84. The molecule has 0 saturated carbocycles. The highest BCUT2D eigenvalue weighted by atomic mass is 32.1. The molecule has 1 aromatic heterocycles. The summed E-state index contributed by atoms with van der Waals surface area (Å²) in [6, 6.07) is 0. The molecule has 2 heterocycles. The molecule has 1 aromatic rings. The number of hydrogen-bond donors (Lipinski definition) is 1. The number of nitrogens with zero attached hydrogens (tertiary/aromatic N) is 2. The third kappa shape index (κ3) is 3.17. The normalized spacial score (nSPS) is 22.4. The number of thiazole rings is 1. The van der Waals surface area contributed by atoms with E-state index in [1.54, 1.807) is 7.11 Å². The molecule has 90 valence electrons. The SMILES string of the molecule is COCC1CCCN(Cc2csc(N)n2)C1. The maximum absolute atomic E-state index is 5.63. The zero-order chi connectivity index (χ0) is 11.4. The van der Waals surface area contributed by atoms with E-state index in [2.05, 4.69) is 15.3 Å². The third-order valence-corrected chi connectivity index (χ3v) is 3.68. The highest BCUT2D eigenvalue weighted by molar-refractivity contribution is 7.13. The summed E-state index contributed by atoms with van der Waals surface area (Å²) in [5, 5.41) is 2.72. The van der Waals surface area contributed by atoms with E-state index >= 15 is 0 Å². The van der Waals surface area contributed by atoms with E-state index in [-0.39, 0.29) is 0 Å². The Morgan fingerprint density at radius 1 is 1.69 bits per heavy atom. The van der Waals surface area contributed by atoms with Gasteiger partial charge in [0.15, 0.2) is 5.13 Å². The van der Waals surface area contributed by atoms with Crippen molar-refractivity contribution in [2.45, 2.75) is 19.4 Å². The van der Waals surface area contributed by atoms with Gasteiger partial charge in [-0.3, -0.25) is 4.90 Å². The Morgan fingerprint density at radius 2 is 2.56 bits per heavy atom. The van der Waals surface area contributed by atoms with E-state index in [0.717, 1.165) is 31.9 Å². The van der Waals surface area contributed by atoms with Crippen LogP contribution in [-0.2, 0) is 11.3 Å². The zero-order valence-corrected chi connectivity index (χ0v) is 10.5. The molecule has 2 N–H and O–H groups in total. The molecule has 0 aromatic carbocycles. The monoisotopic (exact) mass is 241 g/mol. The van der Waals surface area contributed by atoms with Crippen LogP contribution < -0.4 is 5.73 Å². The molecule has 0 amide bonds.